The normalized spacial score (nSPS) is 21.2. The van der Waals surface area contributed by atoms with Crippen molar-refractivity contribution in [2.24, 2.45) is 5.92 Å². The Labute approximate surface area is 125 Å². The van der Waals surface area contributed by atoms with Gasteiger partial charge in [-0.1, -0.05) is 0 Å². The monoisotopic (exact) mass is 295 g/mol. The van der Waals surface area contributed by atoms with E-state index in [4.69, 9.17) is 9.47 Å². The highest BCUT2D eigenvalue weighted by molar-refractivity contribution is 5.78. The van der Waals surface area contributed by atoms with Crippen LogP contribution < -0.4 is 5.32 Å². The lowest BCUT2D eigenvalue weighted by atomic mass is 9.88. The SMILES string of the molecule is COCCn1cncc1CNC(=O)[C@@H]1CCOC(C)(C)C1. The van der Waals surface area contributed by atoms with E-state index in [9.17, 15) is 4.79 Å². The number of imidazole rings is 1. The van der Waals surface area contributed by atoms with Crippen molar-refractivity contribution < 1.29 is 14.3 Å². The fraction of sp³-hybridized carbons (Fsp3) is 0.733. The Balaban J connectivity index is 1.85. The number of hydrogen-bond acceptors (Lipinski definition) is 4. The quantitative estimate of drug-likeness (QED) is 0.860. The number of amides is 1. The minimum absolute atomic E-state index is 0.0316. The van der Waals surface area contributed by atoms with E-state index in [1.54, 1.807) is 19.6 Å². The first-order valence-corrected chi connectivity index (χ1v) is 7.41. The molecule has 1 N–H and O–H groups in total. The lowest BCUT2D eigenvalue weighted by molar-refractivity contribution is -0.135. The Bertz CT molecular complexity index is 470. The van der Waals surface area contributed by atoms with Crippen LogP contribution in [0.25, 0.3) is 0 Å². The van der Waals surface area contributed by atoms with Gasteiger partial charge >= 0.3 is 0 Å². The number of rotatable bonds is 6. The highest BCUT2D eigenvalue weighted by atomic mass is 16.5. The van der Waals surface area contributed by atoms with Crippen molar-refractivity contribution in [2.45, 2.75) is 45.4 Å². The van der Waals surface area contributed by atoms with Gasteiger partial charge in [0.15, 0.2) is 0 Å². The Kier molecular flexibility index (Phi) is 5.36. The van der Waals surface area contributed by atoms with Crippen LogP contribution in [0.4, 0.5) is 0 Å². The molecule has 0 aromatic carbocycles. The summed E-state index contributed by atoms with van der Waals surface area (Å²) in [5, 5.41) is 3.01. The van der Waals surface area contributed by atoms with E-state index in [-0.39, 0.29) is 17.4 Å². The van der Waals surface area contributed by atoms with Gasteiger partial charge in [-0.05, 0) is 26.7 Å². The third-order valence-corrected chi connectivity index (χ3v) is 3.85. The van der Waals surface area contributed by atoms with Crippen LogP contribution in [0.15, 0.2) is 12.5 Å². The van der Waals surface area contributed by atoms with Gasteiger partial charge in [0.25, 0.3) is 0 Å². The topological polar surface area (TPSA) is 65.4 Å². The molecule has 2 heterocycles. The second-order valence-electron chi connectivity index (χ2n) is 6.09. The predicted molar refractivity (Wildman–Crippen MR) is 78.7 cm³/mol. The maximum absolute atomic E-state index is 12.3. The maximum atomic E-state index is 12.3. The van der Waals surface area contributed by atoms with Gasteiger partial charge in [0.1, 0.15) is 0 Å². The maximum Gasteiger partial charge on any atom is 0.223 e. The lowest BCUT2D eigenvalue weighted by Gasteiger charge is -2.34. The summed E-state index contributed by atoms with van der Waals surface area (Å²) in [6.07, 6.45) is 5.10. The molecule has 0 aliphatic carbocycles. The third-order valence-electron chi connectivity index (χ3n) is 3.85. The van der Waals surface area contributed by atoms with Crippen LogP contribution in [0, 0.1) is 5.92 Å². The zero-order valence-corrected chi connectivity index (χ0v) is 13.1. The molecule has 0 bridgehead atoms. The molecule has 118 valence electrons. The molecule has 0 saturated carbocycles. The number of nitrogens with one attached hydrogen (secondary N) is 1. The second kappa shape index (κ2) is 7.04. The molecule has 1 amide bonds. The fourth-order valence-corrected chi connectivity index (χ4v) is 2.66. The second-order valence-corrected chi connectivity index (χ2v) is 6.09. The number of aromatic nitrogens is 2. The molecule has 21 heavy (non-hydrogen) atoms. The van der Waals surface area contributed by atoms with E-state index < -0.39 is 0 Å². The summed E-state index contributed by atoms with van der Waals surface area (Å²) >= 11 is 0. The highest BCUT2D eigenvalue weighted by Crippen LogP contribution is 2.28. The van der Waals surface area contributed by atoms with Crippen molar-refractivity contribution in [2.75, 3.05) is 20.3 Å². The van der Waals surface area contributed by atoms with Crippen LogP contribution in [0.5, 0.6) is 0 Å². The molecule has 0 spiro atoms. The molecular formula is C15H25N3O3. The molecule has 1 aliphatic heterocycles. The van der Waals surface area contributed by atoms with Crippen LogP contribution >= 0.6 is 0 Å². The van der Waals surface area contributed by atoms with Gasteiger partial charge in [-0.25, -0.2) is 4.98 Å². The molecule has 1 aliphatic rings. The molecule has 2 rings (SSSR count). The minimum atomic E-state index is -0.208. The van der Waals surface area contributed by atoms with Crippen LogP contribution in [0.1, 0.15) is 32.4 Å². The van der Waals surface area contributed by atoms with E-state index in [2.05, 4.69) is 10.3 Å². The lowest BCUT2D eigenvalue weighted by Crippen LogP contribution is -2.41. The molecule has 1 fully saturated rings. The first kappa shape index (κ1) is 16.0. The van der Waals surface area contributed by atoms with Crippen molar-refractivity contribution in [1.29, 1.82) is 0 Å². The summed E-state index contributed by atoms with van der Waals surface area (Å²) in [4.78, 5) is 16.4. The fourth-order valence-electron chi connectivity index (χ4n) is 2.66. The van der Waals surface area contributed by atoms with E-state index in [0.29, 0.717) is 19.8 Å². The van der Waals surface area contributed by atoms with E-state index in [1.807, 2.05) is 18.4 Å². The van der Waals surface area contributed by atoms with Crippen LogP contribution in [0.3, 0.4) is 0 Å². The Morgan fingerprint density at radius 1 is 1.62 bits per heavy atom. The number of methoxy groups -OCH3 is 1. The van der Waals surface area contributed by atoms with Crippen LogP contribution in [-0.4, -0.2) is 41.4 Å². The van der Waals surface area contributed by atoms with Crippen LogP contribution in [-0.2, 0) is 27.4 Å². The number of ether oxygens (including phenoxy) is 2. The largest absolute Gasteiger partial charge is 0.383 e. The number of carbonyl (C=O) groups excluding carboxylic acids is 1. The summed E-state index contributed by atoms with van der Waals surface area (Å²) in [7, 11) is 1.67. The Hall–Kier alpha value is -1.40. The average Bonchev–Trinajstić information content (AvgIpc) is 2.88. The molecule has 0 radical (unpaired) electrons. The van der Waals surface area contributed by atoms with E-state index in [1.165, 1.54) is 0 Å². The van der Waals surface area contributed by atoms with Crippen molar-refractivity contribution >= 4 is 5.91 Å². The molecule has 1 atom stereocenters. The van der Waals surface area contributed by atoms with Gasteiger partial charge in [-0.15, -0.1) is 0 Å². The van der Waals surface area contributed by atoms with Crippen molar-refractivity contribution in [1.82, 2.24) is 14.9 Å². The van der Waals surface area contributed by atoms with Crippen molar-refractivity contribution in [3.63, 3.8) is 0 Å². The van der Waals surface area contributed by atoms with Gasteiger partial charge in [0.2, 0.25) is 5.91 Å². The zero-order valence-electron chi connectivity index (χ0n) is 13.1. The summed E-state index contributed by atoms with van der Waals surface area (Å²) in [5.74, 6) is 0.134. The summed E-state index contributed by atoms with van der Waals surface area (Å²) in [5.41, 5.74) is 0.784. The first-order chi connectivity index (χ1) is 10.0. The average molecular weight is 295 g/mol. The standard InChI is InChI=1S/C15H25N3O3/c1-15(2)8-12(4-6-21-15)14(19)17-10-13-9-16-11-18(13)5-7-20-3/h9,11-12H,4-8,10H2,1-3H3,(H,17,19)/t12-/m1/s1. The molecule has 6 heteroatoms. The summed E-state index contributed by atoms with van der Waals surface area (Å²) < 4.78 is 12.7. The smallest absolute Gasteiger partial charge is 0.223 e. The predicted octanol–water partition coefficient (Wildman–Crippen LogP) is 1.35. The molecule has 1 saturated heterocycles. The zero-order chi connectivity index (χ0) is 15.3. The van der Waals surface area contributed by atoms with Gasteiger partial charge in [0.05, 0.1) is 30.8 Å². The highest BCUT2D eigenvalue weighted by Gasteiger charge is 2.32. The summed E-state index contributed by atoms with van der Waals surface area (Å²) in [6, 6.07) is 0. The van der Waals surface area contributed by atoms with E-state index in [0.717, 1.165) is 25.1 Å². The summed E-state index contributed by atoms with van der Waals surface area (Å²) in [6.45, 7) is 6.59. The van der Waals surface area contributed by atoms with Gasteiger partial charge in [0, 0.05) is 32.4 Å². The van der Waals surface area contributed by atoms with Gasteiger partial charge in [-0.2, -0.15) is 0 Å². The molecule has 0 unspecified atom stereocenters. The van der Waals surface area contributed by atoms with Crippen molar-refractivity contribution in [3.05, 3.63) is 18.2 Å². The number of carbonyl (C=O) groups is 1. The Morgan fingerprint density at radius 3 is 3.14 bits per heavy atom. The molecule has 1 aromatic rings. The van der Waals surface area contributed by atoms with E-state index >= 15 is 0 Å². The van der Waals surface area contributed by atoms with Crippen molar-refractivity contribution in [3.8, 4) is 0 Å². The molecule has 1 aromatic heterocycles. The third kappa shape index (κ3) is 4.54. The number of hydrogen-bond donors (Lipinski definition) is 1. The van der Waals surface area contributed by atoms with Gasteiger partial charge < -0.3 is 19.4 Å². The van der Waals surface area contributed by atoms with Gasteiger partial charge in [-0.3, -0.25) is 4.79 Å². The molecular weight excluding hydrogens is 270 g/mol. The first-order valence-electron chi connectivity index (χ1n) is 7.41. The minimum Gasteiger partial charge on any atom is -0.383 e. The van der Waals surface area contributed by atoms with Crippen LogP contribution in [0.2, 0.25) is 0 Å². The molecule has 6 nitrogen and oxygen atoms in total. The Morgan fingerprint density at radius 2 is 2.43 bits per heavy atom. The number of nitrogens with zero attached hydrogens (tertiary/aromatic N) is 2.